The van der Waals surface area contributed by atoms with Crippen molar-refractivity contribution < 1.29 is 21.6 Å². The Hall–Kier alpha value is -0.790. The molecule has 0 heterocycles. The smallest absolute Gasteiger partial charge is 0.261 e. The second-order valence-corrected chi connectivity index (χ2v) is 9.80. The van der Waals surface area contributed by atoms with Crippen LogP contribution in [0.3, 0.4) is 0 Å². The monoisotopic (exact) mass is 354 g/mol. The summed E-state index contributed by atoms with van der Waals surface area (Å²) in [6.45, 7) is 5.30. The predicted octanol–water partition coefficient (Wildman–Crippen LogP) is 2.43. The maximum absolute atomic E-state index is 11.4. The second kappa shape index (κ2) is 6.98. The fourth-order valence-electron chi connectivity index (χ4n) is 1.88. The molecule has 0 spiro atoms. The number of hydrogen-bond acceptors (Lipinski definition) is 5. The third-order valence-electron chi connectivity index (χ3n) is 3.00. The van der Waals surface area contributed by atoms with Gasteiger partial charge in [0.25, 0.3) is 9.05 Å². The number of sulfone groups is 1. The molecule has 0 saturated carbocycles. The van der Waals surface area contributed by atoms with Crippen LogP contribution in [0.15, 0.2) is 17.0 Å². The first-order valence-electron chi connectivity index (χ1n) is 6.46. The molecule has 0 N–H and O–H groups in total. The van der Waals surface area contributed by atoms with E-state index in [9.17, 15) is 16.8 Å². The average molecular weight is 355 g/mol. The molecule has 0 amide bonds. The second-order valence-electron chi connectivity index (χ2n) is 4.76. The minimum Gasteiger partial charge on any atom is -0.493 e. The standard InChI is InChI=1S/C13H19ClO5S2/c1-4-20(15,16)7-5-6-19-13-10(2)8-12(9-11(13)3)21(14,17)18/h8-9H,4-7H2,1-3H3. The number of hydrogen-bond donors (Lipinski definition) is 0. The Labute approximate surface area is 130 Å². The first-order chi connectivity index (χ1) is 9.57. The Bertz CT molecular complexity index is 685. The molecule has 0 radical (unpaired) electrons. The molecule has 0 unspecified atom stereocenters. The molecule has 0 saturated heterocycles. The summed E-state index contributed by atoms with van der Waals surface area (Å²) in [5.74, 6) is 0.760. The van der Waals surface area contributed by atoms with E-state index >= 15 is 0 Å². The van der Waals surface area contributed by atoms with Gasteiger partial charge < -0.3 is 4.74 Å². The Morgan fingerprint density at radius 3 is 2.05 bits per heavy atom. The van der Waals surface area contributed by atoms with E-state index in [0.29, 0.717) is 23.3 Å². The lowest BCUT2D eigenvalue weighted by atomic mass is 10.1. The molecule has 1 aromatic rings. The molecule has 1 rings (SSSR count). The van der Waals surface area contributed by atoms with Crippen molar-refractivity contribution in [3.8, 4) is 5.75 Å². The van der Waals surface area contributed by atoms with Crippen LogP contribution in [0.2, 0.25) is 0 Å². The SMILES string of the molecule is CCS(=O)(=O)CCCOc1c(C)cc(S(=O)(=O)Cl)cc1C. The average Bonchev–Trinajstić information content (AvgIpc) is 2.35. The molecule has 0 aliphatic heterocycles. The van der Waals surface area contributed by atoms with E-state index in [1.807, 2.05) is 0 Å². The molecule has 0 aliphatic carbocycles. The van der Waals surface area contributed by atoms with E-state index in [1.165, 1.54) is 12.1 Å². The van der Waals surface area contributed by atoms with Crippen LogP contribution in [0, 0.1) is 13.8 Å². The highest BCUT2D eigenvalue weighted by Gasteiger charge is 2.15. The van der Waals surface area contributed by atoms with E-state index < -0.39 is 18.9 Å². The maximum atomic E-state index is 11.4. The largest absolute Gasteiger partial charge is 0.493 e. The molecule has 0 atom stereocenters. The van der Waals surface area contributed by atoms with E-state index in [0.717, 1.165) is 0 Å². The molecule has 0 fully saturated rings. The highest BCUT2D eigenvalue weighted by atomic mass is 35.7. The van der Waals surface area contributed by atoms with E-state index in [1.54, 1.807) is 20.8 Å². The summed E-state index contributed by atoms with van der Waals surface area (Å²) in [6, 6.07) is 2.88. The summed E-state index contributed by atoms with van der Waals surface area (Å²) in [7, 11) is -1.46. The summed E-state index contributed by atoms with van der Waals surface area (Å²) in [5, 5.41) is 0. The van der Waals surface area contributed by atoms with Crippen molar-refractivity contribution in [2.45, 2.75) is 32.1 Å². The van der Waals surface area contributed by atoms with Gasteiger partial charge in [-0.2, -0.15) is 0 Å². The van der Waals surface area contributed by atoms with Gasteiger partial charge in [0.1, 0.15) is 15.6 Å². The van der Waals surface area contributed by atoms with E-state index in [2.05, 4.69) is 0 Å². The molecule has 0 aliphatic rings. The first kappa shape index (κ1) is 18.3. The lowest BCUT2D eigenvalue weighted by Gasteiger charge is -2.13. The number of halogens is 1. The van der Waals surface area contributed by atoms with Crippen molar-refractivity contribution in [2.24, 2.45) is 0 Å². The molecule has 0 bridgehead atoms. The molecule has 21 heavy (non-hydrogen) atoms. The van der Waals surface area contributed by atoms with Gasteiger partial charge in [0.05, 0.1) is 17.3 Å². The zero-order chi connectivity index (χ0) is 16.3. The zero-order valence-electron chi connectivity index (χ0n) is 12.2. The van der Waals surface area contributed by atoms with Gasteiger partial charge in [-0.1, -0.05) is 6.92 Å². The van der Waals surface area contributed by atoms with E-state index in [-0.39, 0.29) is 23.0 Å². The van der Waals surface area contributed by atoms with Crippen molar-refractivity contribution in [2.75, 3.05) is 18.1 Å². The molecule has 120 valence electrons. The van der Waals surface area contributed by atoms with Crippen LogP contribution in [0.4, 0.5) is 0 Å². The fourth-order valence-corrected chi connectivity index (χ4v) is 3.63. The van der Waals surface area contributed by atoms with Crippen LogP contribution in [-0.2, 0) is 18.9 Å². The number of benzene rings is 1. The summed E-state index contributed by atoms with van der Waals surface area (Å²) < 4.78 is 50.9. The highest BCUT2D eigenvalue weighted by Crippen LogP contribution is 2.28. The number of ether oxygens (including phenoxy) is 1. The highest BCUT2D eigenvalue weighted by molar-refractivity contribution is 8.13. The quantitative estimate of drug-likeness (QED) is 0.555. The maximum Gasteiger partial charge on any atom is 0.261 e. The summed E-state index contributed by atoms with van der Waals surface area (Å²) in [4.78, 5) is 0.0278. The Morgan fingerprint density at radius 2 is 1.62 bits per heavy atom. The van der Waals surface area contributed by atoms with Crippen LogP contribution in [-0.4, -0.2) is 34.9 Å². The van der Waals surface area contributed by atoms with Gasteiger partial charge in [-0.15, -0.1) is 0 Å². The number of aryl methyl sites for hydroxylation is 2. The van der Waals surface area contributed by atoms with Crippen LogP contribution in [0.5, 0.6) is 5.75 Å². The van der Waals surface area contributed by atoms with Crippen LogP contribution < -0.4 is 4.74 Å². The van der Waals surface area contributed by atoms with Crippen LogP contribution in [0.25, 0.3) is 0 Å². The van der Waals surface area contributed by atoms with Gasteiger partial charge in [0, 0.05) is 16.4 Å². The normalized spacial score (nSPS) is 12.4. The van der Waals surface area contributed by atoms with E-state index in [4.69, 9.17) is 15.4 Å². The van der Waals surface area contributed by atoms with Crippen molar-refractivity contribution >= 4 is 29.6 Å². The van der Waals surface area contributed by atoms with Gasteiger partial charge in [0.2, 0.25) is 0 Å². The lowest BCUT2D eigenvalue weighted by molar-refractivity contribution is 0.313. The minimum absolute atomic E-state index is 0.0278. The molecular weight excluding hydrogens is 336 g/mol. The van der Waals surface area contributed by atoms with Crippen LogP contribution >= 0.6 is 10.7 Å². The predicted molar refractivity (Wildman–Crippen MR) is 83.4 cm³/mol. The third-order valence-corrected chi connectivity index (χ3v) is 6.12. The third kappa shape index (κ3) is 5.48. The molecule has 8 heteroatoms. The molecule has 5 nitrogen and oxygen atoms in total. The van der Waals surface area contributed by atoms with Crippen molar-refractivity contribution in [1.29, 1.82) is 0 Å². The van der Waals surface area contributed by atoms with Crippen LogP contribution in [0.1, 0.15) is 24.5 Å². The van der Waals surface area contributed by atoms with Gasteiger partial charge in [-0.25, -0.2) is 16.8 Å². The fraction of sp³-hybridized carbons (Fsp3) is 0.538. The summed E-state index contributed by atoms with van der Waals surface area (Å²) >= 11 is 0. The number of rotatable bonds is 7. The van der Waals surface area contributed by atoms with Gasteiger partial charge in [-0.05, 0) is 43.5 Å². The first-order valence-corrected chi connectivity index (χ1v) is 10.6. The summed E-state index contributed by atoms with van der Waals surface area (Å²) in [5.41, 5.74) is 1.29. The Kier molecular flexibility index (Phi) is 6.07. The lowest BCUT2D eigenvalue weighted by Crippen LogP contribution is -2.12. The zero-order valence-corrected chi connectivity index (χ0v) is 14.6. The topological polar surface area (TPSA) is 77.5 Å². The van der Waals surface area contributed by atoms with Crippen molar-refractivity contribution in [3.05, 3.63) is 23.3 Å². The minimum atomic E-state index is -3.78. The Balaban J connectivity index is 2.78. The van der Waals surface area contributed by atoms with Gasteiger partial charge in [0.15, 0.2) is 0 Å². The molecular formula is C13H19ClO5S2. The van der Waals surface area contributed by atoms with Gasteiger partial charge >= 0.3 is 0 Å². The Morgan fingerprint density at radius 1 is 1.10 bits per heavy atom. The molecule has 1 aromatic carbocycles. The summed E-state index contributed by atoms with van der Waals surface area (Å²) in [6.07, 6.45) is 0.393. The molecule has 0 aromatic heterocycles. The van der Waals surface area contributed by atoms with Gasteiger partial charge in [-0.3, -0.25) is 0 Å². The van der Waals surface area contributed by atoms with Crippen molar-refractivity contribution in [1.82, 2.24) is 0 Å². The van der Waals surface area contributed by atoms with Crippen molar-refractivity contribution in [3.63, 3.8) is 0 Å².